The summed E-state index contributed by atoms with van der Waals surface area (Å²) in [6.07, 6.45) is 15.8. The normalized spacial score (nSPS) is 42.4. The lowest BCUT2D eigenvalue weighted by atomic mass is 9.44. The fraction of sp³-hybridized carbons (Fsp3) is 0.935. The topological polar surface area (TPSA) is 43.4 Å². The zero-order chi connectivity index (χ0) is 24.7. The highest BCUT2D eigenvalue weighted by Gasteiger charge is 2.60. The number of esters is 1. The molecule has 3 heteroatoms. The molecular formula is C31H52O3. The van der Waals surface area contributed by atoms with Crippen molar-refractivity contribution in [1.29, 1.82) is 0 Å². The molecule has 0 aromatic heterocycles. The van der Waals surface area contributed by atoms with Gasteiger partial charge in [-0.3, -0.25) is 9.59 Å². The van der Waals surface area contributed by atoms with E-state index >= 15 is 0 Å². The highest BCUT2D eigenvalue weighted by atomic mass is 16.5. The number of Topliss-reactive ketones (excluding diaryl/α,β-unsaturated/α-hetero) is 1. The lowest BCUT2D eigenvalue weighted by Gasteiger charge is -2.61. The maximum atomic E-state index is 12.1. The van der Waals surface area contributed by atoms with Crippen molar-refractivity contribution in [2.75, 3.05) is 0 Å². The molecule has 0 aromatic carbocycles. The Balaban J connectivity index is 1.39. The van der Waals surface area contributed by atoms with Crippen LogP contribution >= 0.6 is 0 Å². The van der Waals surface area contributed by atoms with Crippen LogP contribution in [-0.4, -0.2) is 17.9 Å². The molecule has 0 spiro atoms. The average Bonchev–Trinajstić information content (AvgIpc) is 3.10. The highest BCUT2D eigenvalue weighted by molar-refractivity contribution is 5.94. The Morgan fingerprint density at radius 2 is 1.59 bits per heavy atom. The number of carbonyl (C=O) groups is 2. The van der Waals surface area contributed by atoms with E-state index in [1.54, 1.807) is 0 Å². The van der Waals surface area contributed by atoms with Crippen molar-refractivity contribution in [3.63, 3.8) is 0 Å². The summed E-state index contributed by atoms with van der Waals surface area (Å²) in [6, 6.07) is 0. The average molecular weight is 473 g/mol. The Hall–Kier alpha value is -0.860. The van der Waals surface area contributed by atoms with Crippen LogP contribution in [0.1, 0.15) is 125 Å². The summed E-state index contributed by atoms with van der Waals surface area (Å²) in [5.41, 5.74) is 0.968. The zero-order valence-corrected chi connectivity index (χ0v) is 23.0. The van der Waals surface area contributed by atoms with Gasteiger partial charge in [0.05, 0.1) is 0 Å². The SMILES string of the molecule is CC(=O)CC(=O)O[C@H]1CC[C@@]2(C)[C@@H](CC[C@H]3[C@H]2CC[C@]2(C)[C@@H]3CC[C@H]2[C@H](C)CCCC(C)C)C1. The molecule has 0 unspecified atom stereocenters. The van der Waals surface area contributed by atoms with E-state index in [4.69, 9.17) is 4.74 Å². The number of hydrogen-bond acceptors (Lipinski definition) is 3. The third-order valence-corrected chi connectivity index (χ3v) is 11.5. The number of carbonyl (C=O) groups excluding carboxylic acids is 2. The minimum absolute atomic E-state index is 0.0258. The lowest BCUT2D eigenvalue weighted by Crippen LogP contribution is -2.54. The maximum Gasteiger partial charge on any atom is 0.313 e. The summed E-state index contributed by atoms with van der Waals surface area (Å²) in [6.45, 7) is 14.0. The van der Waals surface area contributed by atoms with Crippen molar-refractivity contribution >= 4 is 11.8 Å². The Labute approximate surface area is 209 Å². The standard InChI is InChI=1S/C31H52O3/c1-20(2)8-7-9-21(3)26-12-13-27-25-11-10-23-19-24(34-29(33)18-22(4)32)14-16-30(23,5)28(25)15-17-31(26,27)6/h20-21,23-28H,7-19H2,1-6H3/t21-,23+,24+,25-,26+,27-,28-,30+,31+/m1/s1. The molecule has 9 atom stereocenters. The van der Waals surface area contributed by atoms with E-state index in [-0.39, 0.29) is 24.3 Å². The van der Waals surface area contributed by atoms with E-state index in [1.807, 2.05) is 0 Å². The van der Waals surface area contributed by atoms with Gasteiger partial charge in [0.1, 0.15) is 18.3 Å². The lowest BCUT2D eigenvalue weighted by molar-refractivity contribution is -0.163. The minimum Gasteiger partial charge on any atom is -0.462 e. The molecule has 4 rings (SSSR count). The first-order chi connectivity index (χ1) is 16.0. The minimum atomic E-state index is -0.317. The number of fused-ring (bicyclic) bond motifs is 5. The molecule has 0 amide bonds. The first-order valence-electron chi connectivity index (χ1n) is 14.7. The van der Waals surface area contributed by atoms with E-state index in [9.17, 15) is 9.59 Å². The van der Waals surface area contributed by atoms with Crippen molar-refractivity contribution in [2.45, 2.75) is 131 Å². The summed E-state index contributed by atoms with van der Waals surface area (Å²) in [5, 5.41) is 0. The predicted octanol–water partition coefficient (Wildman–Crippen LogP) is 8.00. The van der Waals surface area contributed by atoms with E-state index in [2.05, 4.69) is 34.6 Å². The van der Waals surface area contributed by atoms with Crippen LogP contribution in [0.2, 0.25) is 0 Å². The van der Waals surface area contributed by atoms with E-state index in [0.29, 0.717) is 16.7 Å². The quantitative estimate of drug-likeness (QED) is 0.265. The Morgan fingerprint density at radius 1 is 0.882 bits per heavy atom. The number of rotatable bonds is 8. The third kappa shape index (κ3) is 5.01. The van der Waals surface area contributed by atoms with Gasteiger partial charge < -0.3 is 4.74 Å². The second-order valence-electron chi connectivity index (χ2n) is 14.0. The first-order valence-corrected chi connectivity index (χ1v) is 14.7. The van der Waals surface area contributed by atoms with Gasteiger partial charge in [0.25, 0.3) is 0 Å². The monoisotopic (exact) mass is 472 g/mol. The molecule has 3 nitrogen and oxygen atoms in total. The molecule has 4 aliphatic rings. The largest absolute Gasteiger partial charge is 0.462 e. The van der Waals surface area contributed by atoms with Crippen molar-refractivity contribution in [3.8, 4) is 0 Å². The van der Waals surface area contributed by atoms with Crippen molar-refractivity contribution < 1.29 is 14.3 Å². The number of ether oxygens (including phenoxy) is 1. The van der Waals surface area contributed by atoms with Gasteiger partial charge in [0.2, 0.25) is 0 Å². The predicted molar refractivity (Wildman–Crippen MR) is 138 cm³/mol. The summed E-state index contributed by atoms with van der Waals surface area (Å²) >= 11 is 0. The molecule has 0 heterocycles. The molecule has 194 valence electrons. The van der Waals surface area contributed by atoms with Crippen LogP contribution in [0.3, 0.4) is 0 Å². The molecule has 0 radical (unpaired) electrons. The van der Waals surface area contributed by atoms with Gasteiger partial charge >= 0.3 is 5.97 Å². The van der Waals surface area contributed by atoms with Crippen LogP contribution in [0.4, 0.5) is 0 Å². The third-order valence-electron chi connectivity index (χ3n) is 11.5. The summed E-state index contributed by atoms with van der Waals surface area (Å²) in [7, 11) is 0. The number of ketones is 1. The molecule has 0 aromatic rings. The molecule has 0 aliphatic heterocycles. The number of hydrogen-bond donors (Lipinski definition) is 0. The van der Waals surface area contributed by atoms with Gasteiger partial charge in [-0.1, -0.05) is 53.9 Å². The molecule has 4 fully saturated rings. The van der Waals surface area contributed by atoms with Gasteiger partial charge in [-0.25, -0.2) is 0 Å². The molecule has 0 bridgehead atoms. The van der Waals surface area contributed by atoms with Gasteiger partial charge in [-0.2, -0.15) is 0 Å². The molecule has 4 saturated carbocycles. The second kappa shape index (κ2) is 10.3. The Kier molecular flexibility index (Phi) is 7.90. The summed E-state index contributed by atoms with van der Waals surface area (Å²) in [4.78, 5) is 23.4. The van der Waals surface area contributed by atoms with Crippen LogP contribution in [0, 0.1) is 52.3 Å². The molecule has 0 saturated heterocycles. The van der Waals surface area contributed by atoms with Gasteiger partial charge in [-0.15, -0.1) is 0 Å². The van der Waals surface area contributed by atoms with Crippen LogP contribution < -0.4 is 0 Å². The zero-order valence-electron chi connectivity index (χ0n) is 23.0. The van der Waals surface area contributed by atoms with Gasteiger partial charge in [0, 0.05) is 0 Å². The molecule has 4 aliphatic carbocycles. The Bertz CT molecular complexity index is 743. The smallest absolute Gasteiger partial charge is 0.313 e. The fourth-order valence-electron chi connectivity index (χ4n) is 9.78. The van der Waals surface area contributed by atoms with E-state index < -0.39 is 0 Å². The van der Waals surface area contributed by atoms with Gasteiger partial charge in [-0.05, 0) is 117 Å². The highest BCUT2D eigenvalue weighted by Crippen LogP contribution is 2.68. The maximum absolute atomic E-state index is 12.1. The van der Waals surface area contributed by atoms with Crippen LogP contribution in [-0.2, 0) is 14.3 Å². The van der Waals surface area contributed by atoms with Crippen LogP contribution in [0.15, 0.2) is 0 Å². The first kappa shape index (κ1) is 26.2. The van der Waals surface area contributed by atoms with E-state index in [1.165, 1.54) is 71.1 Å². The summed E-state index contributed by atoms with van der Waals surface area (Å²) < 4.78 is 5.75. The Morgan fingerprint density at radius 3 is 2.29 bits per heavy atom. The van der Waals surface area contributed by atoms with Gasteiger partial charge in [0.15, 0.2) is 0 Å². The second-order valence-corrected chi connectivity index (χ2v) is 14.0. The fourth-order valence-corrected chi connectivity index (χ4v) is 9.78. The van der Waals surface area contributed by atoms with Crippen LogP contribution in [0.25, 0.3) is 0 Å². The molecular weight excluding hydrogens is 420 g/mol. The van der Waals surface area contributed by atoms with E-state index in [0.717, 1.165) is 48.3 Å². The van der Waals surface area contributed by atoms with Crippen molar-refractivity contribution in [1.82, 2.24) is 0 Å². The van der Waals surface area contributed by atoms with Crippen LogP contribution in [0.5, 0.6) is 0 Å². The van der Waals surface area contributed by atoms with Crippen molar-refractivity contribution in [3.05, 3.63) is 0 Å². The molecule has 0 N–H and O–H groups in total. The molecule has 34 heavy (non-hydrogen) atoms. The summed E-state index contributed by atoms with van der Waals surface area (Å²) in [5.74, 6) is 5.58. The van der Waals surface area contributed by atoms with Crippen molar-refractivity contribution in [2.24, 2.45) is 52.3 Å².